The molecule has 0 fully saturated rings. The summed E-state index contributed by atoms with van der Waals surface area (Å²) in [5, 5.41) is 0. The topological polar surface area (TPSA) is 25.3 Å². The third-order valence-corrected chi connectivity index (χ3v) is 9.67. The molecule has 1 aliphatic heterocycles. The van der Waals surface area contributed by atoms with Gasteiger partial charge in [-0.1, -0.05) is 156 Å². The summed E-state index contributed by atoms with van der Waals surface area (Å²) in [5.41, 5.74) is 21.8. The van der Waals surface area contributed by atoms with E-state index in [0.717, 1.165) is 73.9 Å². The Morgan fingerprint density at radius 1 is 0.451 bits per heavy atom. The van der Waals surface area contributed by atoms with Gasteiger partial charge in [-0.05, 0) is 86.8 Å². The molecule has 0 saturated carbocycles. The first-order chi connectivity index (χ1) is 24.5. The molecule has 0 spiro atoms. The van der Waals surface area contributed by atoms with E-state index in [4.69, 9.17) is 0 Å². The fourth-order valence-corrected chi connectivity index (χ4v) is 6.61. The molecule has 0 radical (unpaired) electrons. The van der Waals surface area contributed by atoms with Crippen molar-refractivity contribution in [2.24, 2.45) is 0 Å². The van der Waals surface area contributed by atoms with Crippen LogP contribution in [0.1, 0.15) is 205 Å². The van der Waals surface area contributed by atoms with Gasteiger partial charge in [-0.15, -0.1) is 0 Å². The molecule has 2 aromatic rings. The average molecular weight is 742 g/mol. The van der Waals surface area contributed by atoms with Crippen LogP contribution in [0.5, 0.6) is 0 Å². The van der Waals surface area contributed by atoms with Gasteiger partial charge in [0.2, 0.25) is 11.4 Å². The van der Waals surface area contributed by atoms with Gasteiger partial charge in [-0.25, -0.2) is 4.70 Å². The van der Waals surface area contributed by atoms with Gasteiger partial charge in [0, 0.05) is 22.3 Å². The zero-order valence-electron chi connectivity index (χ0n) is 34.2. The Balaban J connectivity index is 0.00000165. The van der Waals surface area contributed by atoms with E-state index in [2.05, 4.69) is 104 Å². The molecule has 0 unspecified atom stereocenters. The van der Waals surface area contributed by atoms with E-state index >= 15 is 0 Å². The summed E-state index contributed by atoms with van der Waals surface area (Å²) >= 11 is 0. The van der Waals surface area contributed by atoms with Gasteiger partial charge >= 0.3 is 16.5 Å². The van der Waals surface area contributed by atoms with Crippen LogP contribution >= 0.6 is 0 Å². The summed E-state index contributed by atoms with van der Waals surface area (Å²) in [7, 11) is 0. The van der Waals surface area contributed by atoms with Crippen LogP contribution in [0.15, 0.2) is 59.7 Å². The molecule has 0 amide bonds. The van der Waals surface area contributed by atoms with Gasteiger partial charge in [-0.3, -0.25) is 0 Å². The summed E-state index contributed by atoms with van der Waals surface area (Å²) in [4.78, 5) is 0. The second-order valence-electron chi connectivity index (χ2n) is 14.3. The fraction of sp³-hybridized carbons (Fsp3) is 0.625. The van der Waals surface area contributed by atoms with Crippen LogP contribution in [0.3, 0.4) is 0 Å². The van der Waals surface area contributed by atoms with Gasteiger partial charge in [0.25, 0.3) is 0 Å². The van der Waals surface area contributed by atoms with Crippen molar-refractivity contribution in [3.05, 3.63) is 101 Å². The van der Waals surface area contributed by atoms with Gasteiger partial charge < -0.3 is 19.4 Å². The van der Waals surface area contributed by atoms with Crippen LogP contribution in [0.2, 0.25) is 0 Å². The van der Waals surface area contributed by atoms with Crippen molar-refractivity contribution >= 4 is 11.4 Å². The molecule has 3 rings (SSSR count). The molecule has 290 valence electrons. The van der Waals surface area contributed by atoms with Crippen molar-refractivity contribution in [2.45, 2.75) is 196 Å². The first-order valence-corrected chi connectivity index (χ1v) is 21.2. The van der Waals surface area contributed by atoms with E-state index in [9.17, 15) is 5.53 Å². The molecule has 0 N–H and O–H groups in total. The Kier molecular flexibility index (Phi) is 31.4. The number of unbranched alkanes of at least 4 members (excludes halogenated alkanes) is 14. The first kappa shape index (κ1) is 49.0. The molecule has 2 aromatic carbocycles. The quantitative estimate of drug-likeness (QED) is 0.0443. The number of hydrogen-bond acceptors (Lipinski definition) is 0. The van der Waals surface area contributed by atoms with E-state index in [0.29, 0.717) is 0 Å². The van der Waals surface area contributed by atoms with Gasteiger partial charge in [0.15, 0.2) is 0 Å². The Labute approximate surface area is 328 Å². The minimum absolute atomic E-state index is 0. The molecule has 0 bridgehead atoms. The zero-order valence-corrected chi connectivity index (χ0v) is 35.2. The summed E-state index contributed by atoms with van der Waals surface area (Å²) in [6, 6.07) is 17.9. The molecular formula is C48H78N2Ni. The normalized spacial score (nSPS) is 12.4. The van der Waals surface area contributed by atoms with Crippen molar-refractivity contribution in [2.75, 3.05) is 0 Å². The standard InChI is InChI=1S/C36H52N2.2C6H13.Ni/c1-5-9-13-15-20-30-22-18-24-32(28-30)35-33(25-12-8-4)34(26-16-14-10-6-2)36(38(35)37)31-23-17-21-29(27-31)19-11-7-3;2*1-3-5-6-4-2;/h17-18,21-24,27-28H,5-16,19-20,25-26H2,1-4H3;2*1,3-6H2,2H3;/q;2*-1;+2. The van der Waals surface area contributed by atoms with Gasteiger partial charge in [0.05, 0.1) is 0 Å². The Bertz CT molecular complexity index is 1210. The maximum atomic E-state index is 11.9. The second-order valence-corrected chi connectivity index (χ2v) is 14.3. The van der Waals surface area contributed by atoms with E-state index < -0.39 is 0 Å². The van der Waals surface area contributed by atoms with Crippen LogP contribution < -0.4 is 0 Å². The molecule has 0 aliphatic carbocycles. The third kappa shape index (κ3) is 19.6. The average Bonchev–Trinajstić information content (AvgIpc) is 3.42. The second kappa shape index (κ2) is 32.6. The Morgan fingerprint density at radius 3 is 1.20 bits per heavy atom. The number of benzene rings is 2. The van der Waals surface area contributed by atoms with Crippen molar-refractivity contribution in [1.82, 2.24) is 0 Å². The summed E-state index contributed by atoms with van der Waals surface area (Å²) in [5.74, 6) is 0. The van der Waals surface area contributed by atoms with E-state index in [1.54, 1.807) is 4.70 Å². The van der Waals surface area contributed by atoms with Crippen molar-refractivity contribution < 1.29 is 21.2 Å². The van der Waals surface area contributed by atoms with Crippen molar-refractivity contribution in [1.29, 1.82) is 0 Å². The minimum Gasteiger partial charge on any atom is -0.493 e. The van der Waals surface area contributed by atoms with E-state index in [-0.39, 0.29) is 16.5 Å². The van der Waals surface area contributed by atoms with Crippen LogP contribution in [0, 0.1) is 13.8 Å². The number of allylic oxidation sites excluding steroid dienone is 2. The summed E-state index contributed by atoms with van der Waals surface area (Å²) in [6.07, 6.45) is 29.1. The van der Waals surface area contributed by atoms with Gasteiger partial charge in [-0.2, -0.15) is 12.8 Å². The molecule has 2 nitrogen and oxygen atoms in total. The molecule has 51 heavy (non-hydrogen) atoms. The van der Waals surface area contributed by atoms with E-state index in [1.165, 1.54) is 125 Å². The molecule has 0 aromatic heterocycles. The number of nitrogens with zero attached hydrogens (tertiary/aromatic N) is 2. The van der Waals surface area contributed by atoms with Gasteiger partial charge in [0.1, 0.15) is 0 Å². The molecule has 0 saturated heterocycles. The van der Waals surface area contributed by atoms with Crippen molar-refractivity contribution in [3.63, 3.8) is 0 Å². The Hall–Kier alpha value is -1.99. The first-order valence-electron chi connectivity index (χ1n) is 21.2. The van der Waals surface area contributed by atoms with Crippen molar-refractivity contribution in [3.8, 4) is 0 Å². The number of hydrogen-bond donors (Lipinski definition) is 0. The number of rotatable bonds is 24. The maximum Gasteiger partial charge on any atom is 2.00 e. The zero-order chi connectivity index (χ0) is 36.8. The minimum atomic E-state index is 0. The van der Waals surface area contributed by atoms with Crippen LogP contribution in [0.4, 0.5) is 0 Å². The molecular weight excluding hydrogens is 663 g/mol. The molecule has 1 aliphatic rings. The largest absolute Gasteiger partial charge is 2.00 e. The maximum absolute atomic E-state index is 11.9. The molecule has 1 heterocycles. The predicted octanol–water partition coefficient (Wildman–Crippen LogP) is 16.3. The van der Waals surface area contributed by atoms with Crippen LogP contribution in [0.25, 0.3) is 16.9 Å². The Morgan fingerprint density at radius 2 is 0.804 bits per heavy atom. The van der Waals surface area contributed by atoms with Crippen LogP contribution in [-0.4, -0.2) is 4.70 Å². The summed E-state index contributed by atoms with van der Waals surface area (Å²) < 4.78 is 1.56. The van der Waals surface area contributed by atoms with E-state index in [1.807, 2.05) is 0 Å². The third-order valence-electron chi connectivity index (χ3n) is 9.67. The molecule has 3 heteroatoms. The summed E-state index contributed by atoms with van der Waals surface area (Å²) in [6.45, 7) is 20.9. The number of aryl methyl sites for hydroxylation is 2. The monoisotopic (exact) mass is 741 g/mol. The molecule has 0 atom stereocenters. The van der Waals surface area contributed by atoms with Crippen LogP contribution in [-0.2, 0) is 29.3 Å². The predicted molar refractivity (Wildman–Crippen MR) is 224 cm³/mol. The smallest absolute Gasteiger partial charge is 0.493 e. The fourth-order valence-electron chi connectivity index (χ4n) is 6.61. The SMILES string of the molecule is CCCCCCC1=C(c2cccc(CCCC)c2)[N+](=[N-])C(c2cccc(CCCCCC)c2)=C1CCCC.[CH2-]CCCCC.[CH2-]CCCCC.[Ni+2].